The summed E-state index contributed by atoms with van der Waals surface area (Å²) >= 11 is 0. The quantitative estimate of drug-likeness (QED) is 0.281. The maximum atomic E-state index is 14.5. The summed E-state index contributed by atoms with van der Waals surface area (Å²) in [6.45, 7) is 1.41. The second-order valence-electron chi connectivity index (χ2n) is 8.22. The number of alkyl halides is 3. The lowest BCUT2D eigenvalue weighted by atomic mass is 10.1. The third-order valence-electron chi connectivity index (χ3n) is 5.68. The molecule has 1 heterocycles. The number of nitrogens with zero attached hydrogens (tertiary/aromatic N) is 2. The first-order valence-electron chi connectivity index (χ1n) is 11.3. The molecule has 0 aliphatic heterocycles. The van der Waals surface area contributed by atoms with E-state index < -0.39 is 18.4 Å². The SMILES string of the molecule is CNC(=O)c1ccc(-n2cnc3c(NCCC(F)(F)F)cc(Oc4ccc(OC)cc4F)cc32)cc1C. The lowest BCUT2D eigenvalue weighted by Gasteiger charge is -2.14. The van der Waals surface area contributed by atoms with Crippen LogP contribution in [0.15, 0.2) is 54.9 Å². The van der Waals surface area contributed by atoms with Gasteiger partial charge in [-0.15, -0.1) is 0 Å². The number of benzene rings is 3. The van der Waals surface area contributed by atoms with Crippen molar-refractivity contribution >= 4 is 22.6 Å². The van der Waals surface area contributed by atoms with E-state index in [4.69, 9.17) is 9.47 Å². The van der Waals surface area contributed by atoms with Crippen molar-refractivity contribution in [3.05, 3.63) is 71.8 Å². The third kappa shape index (κ3) is 5.76. The summed E-state index contributed by atoms with van der Waals surface area (Å²) in [5.41, 5.74) is 3.09. The standard InChI is InChI=1S/C26H24F4N4O3/c1-15-10-16(4-6-19(15)25(35)31-2)34-14-33-24-21(32-9-8-26(28,29)30)12-18(13-22(24)34)37-23-7-5-17(36-3)11-20(23)27/h4-7,10-14,32H,8-9H2,1-3H3,(H,31,35). The van der Waals surface area contributed by atoms with Gasteiger partial charge in [0.25, 0.3) is 5.91 Å². The van der Waals surface area contributed by atoms with Crippen LogP contribution in [0, 0.1) is 12.7 Å². The summed E-state index contributed by atoms with van der Waals surface area (Å²) < 4.78 is 65.3. The van der Waals surface area contributed by atoms with Crippen LogP contribution >= 0.6 is 0 Å². The number of fused-ring (bicyclic) bond motifs is 1. The van der Waals surface area contributed by atoms with Crippen molar-refractivity contribution in [1.29, 1.82) is 0 Å². The summed E-state index contributed by atoms with van der Waals surface area (Å²) in [6.07, 6.45) is -3.87. The number of carbonyl (C=O) groups is 1. The fraction of sp³-hybridized carbons (Fsp3) is 0.231. The number of carbonyl (C=O) groups excluding carboxylic acids is 1. The zero-order chi connectivity index (χ0) is 26.7. The first-order chi connectivity index (χ1) is 17.6. The Morgan fingerprint density at radius 1 is 1.08 bits per heavy atom. The lowest BCUT2D eigenvalue weighted by molar-refractivity contribution is -0.131. The minimum absolute atomic E-state index is 0.0850. The van der Waals surface area contributed by atoms with E-state index in [0.717, 1.165) is 11.6 Å². The number of halogens is 4. The van der Waals surface area contributed by atoms with E-state index in [-0.39, 0.29) is 24.0 Å². The second-order valence-corrected chi connectivity index (χ2v) is 8.22. The molecule has 0 fully saturated rings. The number of nitrogens with one attached hydrogen (secondary N) is 2. The molecule has 4 aromatic rings. The van der Waals surface area contributed by atoms with Gasteiger partial charge in [-0.1, -0.05) is 0 Å². The van der Waals surface area contributed by atoms with Crippen molar-refractivity contribution in [3.63, 3.8) is 0 Å². The molecule has 0 saturated heterocycles. The van der Waals surface area contributed by atoms with Gasteiger partial charge < -0.3 is 20.1 Å². The van der Waals surface area contributed by atoms with Crippen LogP contribution in [0.4, 0.5) is 23.2 Å². The van der Waals surface area contributed by atoms with E-state index in [2.05, 4.69) is 15.6 Å². The average Bonchev–Trinajstić information content (AvgIpc) is 3.28. The molecule has 0 unspecified atom stereocenters. The zero-order valence-corrected chi connectivity index (χ0v) is 20.2. The van der Waals surface area contributed by atoms with Crippen molar-refractivity contribution in [1.82, 2.24) is 14.9 Å². The number of anilines is 1. The molecule has 1 amide bonds. The minimum atomic E-state index is -4.34. The lowest BCUT2D eigenvalue weighted by Crippen LogP contribution is -2.19. The van der Waals surface area contributed by atoms with Gasteiger partial charge in [0, 0.05) is 43.0 Å². The number of aromatic nitrogens is 2. The highest BCUT2D eigenvalue weighted by Gasteiger charge is 2.26. The molecule has 0 aliphatic carbocycles. The smallest absolute Gasteiger partial charge is 0.390 e. The molecule has 4 rings (SSSR count). The number of imidazole rings is 1. The Bertz CT molecular complexity index is 1450. The summed E-state index contributed by atoms with van der Waals surface area (Å²) in [5.74, 6) is -0.485. The molecule has 7 nitrogen and oxygen atoms in total. The van der Waals surface area contributed by atoms with Crippen LogP contribution in [-0.4, -0.2) is 42.3 Å². The molecule has 1 aromatic heterocycles. The van der Waals surface area contributed by atoms with E-state index in [9.17, 15) is 22.4 Å². The van der Waals surface area contributed by atoms with Gasteiger partial charge in [-0.2, -0.15) is 13.2 Å². The fourth-order valence-corrected chi connectivity index (χ4v) is 3.83. The van der Waals surface area contributed by atoms with E-state index >= 15 is 0 Å². The largest absolute Gasteiger partial charge is 0.497 e. The van der Waals surface area contributed by atoms with Crippen LogP contribution in [0.3, 0.4) is 0 Å². The Balaban J connectivity index is 1.77. The average molecular weight is 516 g/mol. The van der Waals surface area contributed by atoms with E-state index in [1.165, 1.54) is 31.6 Å². The van der Waals surface area contributed by atoms with Crippen molar-refractivity contribution in [2.45, 2.75) is 19.5 Å². The molecule has 37 heavy (non-hydrogen) atoms. The van der Waals surface area contributed by atoms with Crippen LogP contribution in [0.25, 0.3) is 16.7 Å². The minimum Gasteiger partial charge on any atom is -0.497 e. The van der Waals surface area contributed by atoms with E-state index in [0.29, 0.717) is 33.7 Å². The Morgan fingerprint density at radius 2 is 1.86 bits per heavy atom. The fourth-order valence-electron chi connectivity index (χ4n) is 3.83. The van der Waals surface area contributed by atoms with E-state index in [1.54, 1.807) is 42.8 Å². The van der Waals surface area contributed by atoms with E-state index in [1.807, 2.05) is 0 Å². The van der Waals surface area contributed by atoms with Gasteiger partial charge >= 0.3 is 6.18 Å². The molecule has 0 radical (unpaired) electrons. The Kier molecular flexibility index (Phi) is 7.23. The number of hydrogen-bond donors (Lipinski definition) is 2. The molecule has 194 valence electrons. The number of aryl methyl sites for hydroxylation is 1. The maximum absolute atomic E-state index is 14.5. The van der Waals surface area contributed by atoms with Crippen LogP contribution in [0.1, 0.15) is 22.3 Å². The van der Waals surface area contributed by atoms with Gasteiger partial charge in [0.1, 0.15) is 23.3 Å². The molecule has 3 aromatic carbocycles. The molecule has 0 bridgehead atoms. The van der Waals surface area contributed by atoms with Crippen LogP contribution in [0.5, 0.6) is 17.2 Å². The number of hydrogen-bond acceptors (Lipinski definition) is 5. The topological polar surface area (TPSA) is 77.4 Å². The highest BCUT2D eigenvalue weighted by molar-refractivity contribution is 5.96. The van der Waals surface area contributed by atoms with Gasteiger partial charge in [-0.05, 0) is 42.8 Å². The molecule has 0 saturated carbocycles. The summed E-state index contributed by atoms with van der Waals surface area (Å²) in [6, 6.07) is 12.4. The molecule has 0 atom stereocenters. The van der Waals surface area contributed by atoms with Gasteiger partial charge in [0.2, 0.25) is 0 Å². The van der Waals surface area contributed by atoms with Crippen LogP contribution in [0.2, 0.25) is 0 Å². The van der Waals surface area contributed by atoms with Gasteiger partial charge in [0.05, 0.1) is 24.7 Å². The second kappa shape index (κ2) is 10.4. The molecular formula is C26H24F4N4O3. The maximum Gasteiger partial charge on any atom is 0.390 e. The number of ether oxygens (including phenoxy) is 2. The van der Waals surface area contributed by atoms with Crippen molar-refractivity contribution in [2.75, 3.05) is 26.0 Å². The molecule has 0 spiro atoms. The zero-order valence-electron chi connectivity index (χ0n) is 20.2. The third-order valence-corrected chi connectivity index (χ3v) is 5.68. The van der Waals surface area contributed by atoms with Gasteiger partial charge in [0.15, 0.2) is 11.6 Å². The summed E-state index contributed by atoms with van der Waals surface area (Å²) in [7, 11) is 2.95. The van der Waals surface area contributed by atoms with Crippen LogP contribution < -0.4 is 20.1 Å². The number of rotatable bonds is 8. The Labute approximate surface area is 210 Å². The number of amides is 1. The monoisotopic (exact) mass is 516 g/mol. The highest BCUT2D eigenvalue weighted by atomic mass is 19.4. The Morgan fingerprint density at radius 3 is 2.51 bits per heavy atom. The Hall–Kier alpha value is -4.28. The van der Waals surface area contributed by atoms with Crippen molar-refractivity contribution in [3.8, 4) is 22.9 Å². The molecule has 11 heteroatoms. The van der Waals surface area contributed by atoms with Crippen molar-refractivity contribution < 1.29 is 31.8 Å². The molecular weight excluding hydrogens is 492 g/mol. The number of methoxy groups -OCH3 is 1. The first-order valence-corrected chi connectivity index (χ1v) is 11.3. The van der Waals surface area contributed by atoms with Crippen LogP contribution in [-0.2, 0) is 0 Å². The molecule has 2 N–H and O–H groups in total. The summed E-state index contributed by atoms with van der Waals surface area (Å²) in [5, 5.41) is 5.35. The normalized spacial score (nSPS) is 11.4. The predicted molar refractivity (Wildman–Crippen MR) is 131 cm³/mol. The molecule has 0 aliphatic rings. The van der Waals surface area contributed by atoms with Gasteiger partial charge in [-0.3, -0.25) is 9.36 Å². The first kappa shape index (κ1) is 25.8. The summed E-state index contributed by atoms with van der Waals surface area (Å²) in [4.78, 5) is 16.5. The van der Waals surface area contributed by atoms with Crippen molar-refractivity contribution in [2.24, 2.45) is 0 Å². The van der Waals surface area contributed by atoms with Gasteiger partial charge in [-0.25, -0.2) is 9.37 Å². The highest BCUT2D eigenvalue weighted by Crippen LogP contribution is 2.35. The predicted octanol–water partition coefficient (Wildman–Crippen LogP) is 6.00.